The second-order valence-corrected chi connectivity index (χ2v) is 7.61. The number of carbonyl (C=O) groups excluding carboxylic acids is 1. The summed E-state index contributed by atoms with van der Waals surface area (Å²) in [6, 6.07) is 14.1. The van der Waals surface area contributed by atoms with Crippen LogP contribution in [0.5, 0.6) is 0 Å². The van der Waals surface area contributed by atoms with Gasteiger partial charge in [-0.1, -0.05) is 19.1 Å². The van der Waals surface area contributed by atoms with Gasteiger partial charge in [-0.2, -0.15) is 0 Å². The largest absolute Gasteiger partial charge is 0.355 e. The average molecular weight is 408 g/mol. The van der Waals surface area contributed by atoms with Gasteiger partial charge in [0.1, 0.15) is 0 Å². The van der Waals surface area contributed by atoms with Crippen molar-refractivity contribution in [1.82, 2.24) is 10.2 Å². The van der Waals surface area contributed by atoms with Crippen molar-refractivity contribution in [1.29, 1.82) is 0 Å². The van der Waals surface area contributed by atoms with E-state index in [1.165, 1.54) is 18.9 Å². The predicted molar refractivity (Wildman–Crippen MR) is 112 cm³/mol. The second kappa shape index (κ2) is 8.57. The van der Waals surface area contributed by atoms with Crippen molar-refractivity contribution in [2.24, 2.45) is 5.92 Å². The molecule has 2 heterocycles. The Bertz CT molecular complexity index is 1030. The zero-order valence-corrected chi connectivity index (χ0v) is 16.6. The van der Waals surface area contributed by atoms with E-state index in [4.69, 9.17) is 0 Å². The first kappa shape index (κ1) is 19.9. The minimum atomic E-state index is -1.06. The fourth-order valence-electron chi connectivity index (χ4n) is 3.45. The quantitative estimate of drug-likeness (QED) is 0.666. The predicted octanol–water partition coefficient (Wildman–Crippen LogP) is 4.91. The van der Waals surface area contributed by atoms with Gasteiger partial charge in [0.25, 0.3) is 5.91 Å². The van der Waals surface area contributed by atoms with Crippen molar-refractivity contribution in [3.63, 3.8) is 0 Å². The van der Waals surface area contributed by atoms with E-state index in [1.54, 1.807) is 12.1 Å². The van der Waals surface area contributed by atoms with Crippen molar-refractivity contribution in [3.8, 4) is 11.3 Å². The Morgan fingerprint density at radius 3 is 2.33 bits per heavy atom. The number of benzene rings is 2. The first-order valence-corrected chi connectivity index (χ1v) is 9.95. The molecule has 0 spiro atoms. The van der Waals surface area contributed by atoms with Gasteiger partial charge < -0.3 is 10.2 Å². The summed E-state index contributed by atoms with van der Waals surface area (Å²) in [4.78, 5) is 14.5. The van der Waals surface area contributed by atoms with Gasteiger partial charge in [-0.05, 0) is 61.2 Å². The van der Waals surface area contributed by atoms with Gasteiger partial charge in [0, 0.05) is 29.9 Å². The minimum Gasteiger partial charge on any atom is -0.355 e. The number of aromatic nitrogens is 2. The van der Waals surface area contributed by atoms with Gasteiger partial charge in [0.05, 0.1) is 5.69 Å². The van der Waals surface area contributed by atoms with Gasteiger partial charge in [-0.3, -0.25) is 4.79 Å². The summed E-state index contributed by atoms with van der Waals surface area (Å²) in [6.07, 6.45) is 2.34. The third kappa shape index (κ3) is 4.45. The Kier molecular flexibility index (Phi) is 5.70. The monoisotopic (exact) mass is 408 g/mol. The number of anilines is 2. The number of nitrogens with one attached hydrogen (secondary N) is 1. The van der Waals surface area contributed by atoms with E-state index in [9.17, 15) is 13.6 Å². The number of carbonyl (C=O) groups is 1. The van der Waals surface area contributed by atoms with Gasteiger partial charge in [0.15, 0.2) is 17.5 Å². The molecule has 1 saturated heterocycles. The van der Waals surface area contributed by atoms with Crippen molar-refractivity contribution >= 4 is 17.4 Å². The lowest BCUT2D eigenvalue weighted by molar-refractivity contribution is 0.102. The molecule has 1 aromatic heterocycles. The van der Waals surface area contributed by atoms with Gasteiger partial charge in [0.2, 0.25) is 0 Å². The number of halogens is 2. The van der Waals surface area contributed by atoms with Crippen molar-refractivity contribution in [3.05, 3.63) is 71.8 Å². The molecule has 2 aromatic carbocycles. The number of rotatable bonds is 4. The molecule has 0 atom stereocenters. The highest BCUT2D eigenvalue weighted by Gasteiger charge is 2.17. The van der Waals surface area contributed by atoms with Crippen LogP contribution in [0.3, 0.4) is 0 Å². The molecule has 1 fully saturated rings. The van der Waals surface area contributed by atoms with Crippen LogP contribution in [0.15, 0.2) is 54.6 Å². The first-order valence-electron chi connectivity index (χ1n) is 9.95. The van der Waals surface area contributed by atoms with Gasteiger partial charge >= 0.3 is 0 Å². The highest BCUT2D eigenvalue weighted by atomic mass is 19.2. The summed E-state index contributed by atoms with van der Waals surface area (Å²) in [5, 5.41) is 11.4. The second-order valence-electron chi connectivity index (χ2n) is 7.61. The van der Waals surface area contributed by atoms with Gasteiger partial charge in [-0.15, -0.1) is 10.2 Å². The molecule has 4 rings (SSSR count). The third-order valence-electron chi connectivity index (χ3n) is 5.38. The molecule has 0 saturated carbocycles. The van der Waals surface area contributed by atoms with E-state index < -0.39 is 17.5 Å². The van der Waals surface area contributed by atoms with E-state index in [1.807, 2.05) is 24.3 Å². The summed E-state index contributed by atoms with van der Waals surface area (Å²) in [5.41, 5.74) is 2.20. The molecule has 30 heavy (non-hydrogen) atoms. The number of hydrogen-bond donors (Lipinski definition) is 1. The molecular weight excluding hydrogens is 386 g/mol. The number of amides is 1. The van der Waals surface area contributed by atoms with Crippen molar-refractivity contribution in [2.75, 3.05) is 23.3 Å². The van der Waals surface area contributed by atoms with Crippen LogP contribution in [0.2, 0.25) is 0 Å². The molecule has 0 aliphatic carbocycles. The highest BCUT2D eigenvalue weighted by molar-refractivity contribution is 6.04. The Hall–Kier alpha value is -3.35. The van der Waals surface area contributed by atoms with Crippen LogP contribution in [-0.4, -0.2) is 29.2 Å². The van der Waals surface area contributed by atoms with Crippen LogP contribution in [0.1, 0.15) is 30.1 Å². The molecule has 1 aliphatic rings. The summed E-state index contributed by atoms with van der Waals surface area (Å²) in [6.45, 7) is 4.28. The first-order chi connectivity index (χ1) is 14.5. The zero-order valence-electron chi connectivity index (χ0n) is 16.6. The van der Waals surface area contributed by atoms with Gasteiger partial charge in [-0.25, -0.2) is 8.78 Å². The standard InChI is InChI=1S/C23H22F2N4O/c1-15-10-12-29(13-11-15)22-9-8-21(27-28-22)16-2-5-18(6-3-16)26-23(30)17-4-7-19(24)20(25)14-17/h2-9,14-15H,10-13H2,1H3,(H,26,30). The van der Waals surface area contributed by atoms with E-state index in [0.29, 0.717) is 5.69 Å². The lowest BCUT2D eigenvalue weighted by Gasteiger charge is -2.30. The van der Waals surface area contributed by atoms with Crippen LogP contribution in [0, 0.1) is 17.6 Å². The third-order valence-corrected chi connectivity index (χ3v) is 5.38. The fraction of sp³-hybridized carbons (Fsp3) is 0.261. The summed E-state index contributed by atoms with van der Waals surface area (Å²) >= 11 is 0. The zero-order chi connectivity index (χ0) is 21.1. The molecule has 1 N–H and O–H groups in total. The maximum absolute atomic E-state index is 13.3. The maximum Gasteiger partial charge on any atom is 0.255 e. The van der Waals surface area contributed by atoms with Crippen LogP contribution in [-0.2, 0) is 0 Å². The Morgan fingerprint density at radius 1 is 0.967 bits per heavy atom. The molecule has 0 bridgehead atoms. The van der Waals surface area contributed by atoms with Crippen LogP contribution in [0.25, 0.3) is 11.3 Å². The molecular formula is C23H22F2N4O. The van der Waals surface area contributed by atoms with E-state index in [0.717, 1.165) is 48.2 Å². The molecule has 0 radical (unpaired) electrons. The molecule has 154 valence electrons. The van der Waals surface area contributed by atoms with E-state index in [-0.39, 0.29) is 5.56 Å². The number of nitrogens with zero attached hydrogens (tertiary/aromatic N) is 3. The summed E-state index contributed by atoms with van der Waals surface area (Å²) < 4.78 is 26.3. The van der Waals surface area contributed by atoms with Crippen molar-refractivity contribution < 1.29 is 13.6 Å². The molecule has 0 unspecified atom stereocenters. The van der Waals surface area contributed by atoms with E-state index >= 15 is 0 Å². The lowest BCUT2D eigenvalue weighted by atomic mass is 9.99. The Morgan fingerprint density at radius 2 is 1.70 bits per heavy atom. The molecule has 7 heteroatoms. The Labute approximate surface area is 173 Å². The Balaban J connectivity index is 1.41. The van der Waals surface area contributed by atoms with Crippen LogP contribution >= 0.6 is 0 Å². The summed E-state index contributed by atoms with van der Waals surface area (Å²) in [7, 11) is 0. The number of piperidine rings is 1. The molecule has 1 amide bonds. The minimum absolute atomic E-state index is 0.0477. The lowest BCUT2D eigenvalue weighted by Crippen LogP contribution is -2.33. The molecule has 5 nitrogen and oxygen atoms in total. The molecule has 3 aromatic rings. The maximum atomic E-state index is 13.3. The normalized spacial score (nSPS) is 14.6. The topological polar surface area (TPSA) is 58.1 Å². The van der Waals surface area contributed by atoms with Crippen LogP contribution in [0.4, 0.5) is 20.3 Å². The smallest absolute Gasteiger partial charge is 0.255 e. The summed E-state index contributed by atoms with van der Waals surface area (Å²) in [5.74, 6) is -0.908. The van der Waals surface area contributed by atoms with Crippen molar-refractivity contribution in [2.45, 2.75) is 19.8 Å². The SMILES string of the molecule is CC1CCN(c2ccc(-c3ccc(NC(=O)c4ccc(F)c(F)c4)cc3)nn2)CC1. The van der Waals surface area contributed by atoms with Crippen LogP contribution < -0.4 is 10.2 Å². The number of hydrogen-bond acceptors (Lipinski definition) is 4. The molecule has 1 aliphatic heterocycles. The fourth-order valence-corrected chi connectivity index (χ4v) is 3.45. The highest BCUT2D eigenvalue weighted by Crippen LogP contribution is 2.24. The van der Waals surface area contributed by atoms with E-state index in [2.05, 4.69) is 27.3 Å². The average Bonchev–Trinajstić information content (AvgIpc) is 2.77.